The topological polar surface area (TPSA) is 61.0 Å². The molecule has 2 heterocycles. The van der Waals surface area contributed by atoms with Crippen LogP contribution in [0.2, 0.25) is 0 Å². The Morgan fingerprint density at radius 2 is 2.00 bits per heavy atom. The first-order chi connectivity index (χ1) is 8.36. The van der Waals surface area contributed by atoms with Gasteiger partial charge in [-0.25, -0.2) is 9.97 Å². The van der Waals surface area contributed by atoms with Crippen LogP contribution in [0.1, 0.15) is 23.0 Å². The van der Waals surface area contributed by atoms with Crippen LogP contribution in [0, 0.1) is 0 Å². The molecule has 0 radical (unpaired) electrons. The average Bonchev–Trinajstić information content (AvgIpc) is 2.87. The smallest absolute Gasteiger partial charge is 0.149 e. The molecule has 1 unspecified atom stereocenters. The number of para-hydroxylation sites is 1. The number of nitrogens with two attached hydrogens (primary N) is 1. The average molecular weight is 227 g/mol. The van der Waals surface area contributed by atoms with E-state index in [1.54, 1.807) is 18.5 Å². The SMILES string of the molecule is NC(c1ncccn1)c1cccc2c1OCC2. The number of fused-ring (bicyclic) bond motifs is 1. The molecule has 2 N–H and O–H groups in total. The lowest BCUT2D eigenvalue weighted by Crippen LogP contribution is -2.15. The van der Waals surface area contributed by atoms with Gasteiger partial charge in [-0.2, -0.15) is 0 Å². The largest absolute Gasteiger partial charge is 0.493 e. The van der Waals surface area contributed by atoms with Crippen molar-refractivity contribution < 1.29 is 4.74 Å². The number of benzene rings is 1. The fourth-order valence-corrected chi connectivity index (χ4v) is 2.10. The van der Waals surface area contributed by atoms with Gasteiger partial charge >= 0.3 is 0 Å². The zero-order valence-electron chi connectivity index (χ0n) is 9.34. The summed E-state index contributed by atoms with van der Waals surface area (Å²) in [5.74, 6) is 1.53. The summed E-state index contributed by atoms with van der Waals surface area (Å²) in [4.78, 5) is 8.38. The third-order valence-electron chi connectivity index (χ3n) is 2.94. The second-order valence-corrected chi connectivity index (χ2v) is 4.02. The van der Waals surface area contributed by atoms with E-state index in [9.17, 15) is 0 Å². The van der Waals surface area contributed by atoms with Crippen molar-refractivity contribution in [3.8, 4) is 5.75 Å². The molecule has 3 rings (SSSR count). The molecule has 0 saturated carbocycles. The summed E-state index contributed by atoms with van der Waals surface area (Å²) in [6.07, 6.45) is 4.35. The Balaban J connectivity index is 2.03. The highest BCUT2D eigenvalue weighted by Gasteiger charge is 2.21. The Morgan fingerprint density at radius 3 is 2.82 bits per heavy atom. The second kappa shape index (κ2) is 4.14. The summed E-state index contributed by atoms with van der Waals surface area (Å²) in [7, 11) is 0. The summed E-state index contributed by atoms with van der Waals surface area (Å²) < 4.78 is 5.64. The van der Waals surface area contributed by atoms with E-state index in [4.69, 9.17) is 10.5 Å². The van der Waals surface area contributed by atoms with Gasteiger partial charge in [0.2, 0.25) is 0 Å². The van der Waals surface area contributed by atoms with Crippen LogP contribution in [0.25, 0.3) is 0 Å². The second-order valence-electron chi connectivity index (χ2n) is 4.02. The van der Waals surface area contributed by atoms with E-state index in [-0.39, 0.29) is 6.04 Å². The Kier molecular flexibility index (Phi) is 2.49. The number of hydrogen-bond acceptors (Lipinski definition) is 4. The number of ether oxygens (including phenoxy) is 1. The first-order valence-electron chi connectivity index (χ1n) is 5.63. The van der Waals surface area contributed by atoms with Crippen molar-refractivity contribution >= 4 is 0 Å². The van der Waals surface area contributed by atoms with Gasteiger partial charge in [-0.1, -0.05) is 18.2 Å². The van der Waals surface area contributed by atoms with Crippen molar-refractivity contribution in [2.24, 2.45) is 5.73 Å². The molecular formula is C13H13N3O. The predicted molar refractivity (Wildman–Crippen MR) is 63.7 cm³/mol. The number of nitrogens with zero attached hydrogens (tertiary/aromatic N) is 2. The van der Waals surface area contributed by atoms with Crippen LogP contribution in [0.5, 0.6) is 5.75 Å². The first-order valence-corrected chi connectivity index (χ1v) is 5.63. The molecule has 0 saturated heterocycles. The zero-order valence-corrected chi connectivity index (χ0v) is 9.34. The number of aromatic nitrogens is 2. The standard InChI is InChI=1S/C13H13N3O/c14-11(13-15-6-2-7-16-13)10-4-1-3-9-5-8-17-12(9)10/h1-4,6-7,11H,5,8,14H2. The highest BCUT2D eigenvalue weighted by Crippen LogP contribution is 2.33. The van der Waals surface area contributed by atoms with Crippen LogP contribution in [0.4, 0.5) is 0 Å². The normalized spacial score (nSPS) is 15.1. The minimum Gasteiger partial charge on any atom is -0.493 e. The zero-order chi connectivity index (χ0) is 11.7. The molecular weight excluding hydrogens is 214 g/mol. The Morgan fingerprint density at radius 1 is 1.18 bits per heavy atom. The molecule has 0 spiro atoms. The van der Waals surface area contributed by atoms with Gasteiger partial charge in [-0.05, 0) is 11.6 Å². The minimum absolute atomic E-state index is 0.329. The van der Waals surface area contributed by atoms with Crippen LogP contribution in [-0.2, 0) is 6.42 Å². The maximum Gasteiger partial charge on any atom is 0.149 e. The maximum atomic E-state index is 6.18. The number of hydrogen-bond donors (Lipinski definition) is 1. The lowest BCUT2D eigenvalue weighted by molar-refractivity contribution is 0.352. The molecule has 1 aliphatic rings. The van der Waals surface area contributed by atoms with Crippen molar-refractivity contribution in [1.29, 1.82) is 0 Å². The van der Waals surface area contributed by atoms with Gasteiger partial charge in [0, 0.05) is 24.4 Å². The summed E-state index contributed by atoms with van der Waals surface area (Å²) in [5, 5.41) is 0. The first kappa shape index (κ1) is 10.2. The third-order valence-corrected chi connectivity index (χ3v) is 2.94. The van der Waals surface area contributed by atoms with Gasteiger partial charge < -0.3 is 10.5 Å². The molecule has 4 nitrogen and oxygen atoms in total. The van der Waals surface area contributed by atoms with E-state index < -0.39 is 0 Å². The van der Waals surface area contributed by atoms with Gasteiger partial charge in [-0.3, -0.25) is 0 Å². The van der Waals surface area contributed by atoms with Crippen molar-refractivity contribution in [1.82, 2.24) is 9.97 Å². The van der Waals surface area contributed by atoms with Crippen molar-refractivity contribution in [2.75, 3.05) is 6.61 Å². The third kappa shape index (κ3) is 1.76. The highest BCUT2D eigenvalue weighted by atomic mass is 16.5. The lowest BCUT2D eigenvalue weighted by atomic mass is 10.0. The molecule has 86 valence electrons. The van der Waals surface area contributed by atoms with Gasteiger partial charge in [0.1, 0.15) is 11.6 Å². The number of rotatable bonds is 2. The summed E-state index contributed by atoms with van der Waals surface area (Å²) >= 11 is 0. The van der Waals surface area contributed by atoms with E-state index in [1.165, 1.54) is 5.56 Å². The van der Waals surface area contributed by atoms with Crippen molar-refractivity contribution in [2.45, 2.75) is 12.5 Å². The van der Waals surface area contributed by atoms with E-state index in [2.05, 4.69) is 16.0 Å². The molecule has 17 heavy (non-hydrogen) atoms. The molecule has 1 aromatic carbocycles. The van der Waals surface area contributed by atoms with E-state index in [0.717, 1.165) is 24.3 Å². The molecule has 0 aliphatic carbocycles. The fourth-order valence-electron chi connectivity index (χ4n) is 2.10. The van der Waals surface area contributed by atoms with E-state index >= 15 is 0 Å². The molecule has 0 fully saturated rings. The Labute approximate surface area is 99.5 Å². The van der Waals surface area contributed by atoms with Crippen molar-refractivity contribution in [3.05, 3.63) is 53.6 Å². The van der Waals surface area contributed by atoms with Crippen molar-refractivity contribution in [3.63, 3.8) is 0 Å². The highest BCUT2D eigenvalue weighted by molar-refractivity contribution is 5.47. The fraction of sp³-hybridized carbons (Fsp3) is 0.231. The van der Waals surface area contributed by atoms with Gasteiger partial charge in [0.15, 0.2) is 0 Å². The van der Waals surface area contributed by atoms with Crippen LogP contribution >= 0.6 is 0 Å². The van der Waals surface area contributed by atoms with Gasteiger partial charge in [0.05, 0.1) is 12.6 Å². The minimum atomic E-state index is -0.329. The van der Waals surface area contributed by atoms with Crippen LogP contribution in [0.3, 0.4) is 0 Å². The van der Waals surface area contributed by atoms with Gasteiger partial charge in [-0.15, -0.1) is 0 Å². The van der Waals surface area contributed by atoms with E-state index in [0.29, 0.717) is 5.82 Å². The lowest BCUT2D eigenvalue weighted by Gasteiger charge is -2.13. The van der Waals surface area contributed by atoms with Crippen LogP contribution in [0.15, 0.2) is 36.7 Å². The molecule has 1 atom stereocenters. The maximum absolute atomic E-state index is 6.18. The van der Waals surface area contributed by atoms with E-state index in [1.807, 2.05) is 12.1 Å². The Hall–Kier alpha value is -1.94. The summed E-state index contributed by atoms with van der Waals surface area (Å²) in [6.45, 7) is 0.731. The molecule has 2 aromatic rings. The quantitative estimate of drug-likeness (QED) is 0.843. The van der Waals surface area contributed by atoms with Crippen LogP contribution in [-0.4, -0.2) is 16.6 Å². The monoisotopic (exact) mass is 227 g/mol. The summed E-state index contributed by atoms with van der Waals surface area (Å²) in [5.41, 5.74) is 8.36. The van der Waals surface area contributed by atoms with Crippen LogP contribution < -0.4 is 10.5 Å². The molecule has 1 aromatic heterocycles. The molecule has 0 amide bonds. The molecule has 0 bridgehead atoms. The van der Waals surface area contributed by atoms with Gasteiger partial charge in [0.25, 0.3) is 0 Å². The Bertz CT molecular complexity index is 527. The molecule has 1 aliphatic heterocycles. The predicted octanol–water partition coefficient (Wildman–Crippen LogP) is 1.46. The molecule has 4 heteroatoms. The summed E-state index contributed by atoms with van der Waals surface area (Å²) in [6, 6.07) is 7.51.